The molecule has 0 aliphatic carbocycles. The summed E-state index contributed by atoms with van der Waals surface area (Å²) in [6.07, 6.45) is 5.92. The molecule has 2 rings (SSSR count). The second-order valence-corrected chi connectivity index (χ2v) is 6.77. The van der Waals surface area contributed by atoms with Crippen molar-refractivity contribution in [3.05, 3.63) is 18.3 Å². The SMILES string of the molecule is CC(C(=O)N1CCCCCC1)S(=O)c1ncccc1N. The molecular formula is C14H21N3O2S. The number of aromatic nitrogens is 1. The third-order valence-corrected chi connectivity index (χ3v) is 5.14. The van der Waals surface area contributed by atoms with Crippen LogP contribution < -0.4 is 5.73 Å². The number of carbonyl (C=O) groups excluding carboxylic acids is 1. The Hall–Kier alpha value is -1.43. The Morgan fingerprint density at radius 1 is 1.35 bits per heavy atom. The van der Waals surface area contributed by atoms with Crippen LogP contribution in [0.4, 0.5) is 5.69 Å². The number of pyridine rings is 1. The zero-order valence-corrected chi connectivity index (χ0v) is 12.6. The van der Waals surface area contributed by atoms with Crippen molar-refractivity contribution in [1.29, 1.82) is 0 Å². The molecule has 0 bridgehead atoms. The Morgan fingerprint density at radius 3 is 2.60 bits per heavy atom. The molecule has 0 radical (unpaired) electrons. The number of anilines is 1. The van der Waals surface area contributed by atoms with Crippen LogP contribution in [0, 0.1) is 0 Å². The normalized spacial score (nSPS) is 19.1. The zero-order valence-electron chi connectivity index (χ0n) is 11.7. The number of nitrogen functional groups attached to an aromatic ring is 1. The summed E-state index contributed by atoms with van der Waals surface area (Å²) >= 11 is 0. The maximum Gasteiger partial charge on any atom is 0.238 e. The summed E-state index contributed by atoms with van der Waals surface area (Å²) in [4.78, 5) is 18.3. The molecule has 1 saturated heterocycles. The second kappa shape index (κ2) is 6.83. The first kappa shape index (κ1) is 15.0. The minimum atomic E-state index is -1.50. The molecule has 110 valence electrons. The van der Waals surface area contributed by atoms with Gasteiger partial charge < -0.3 is 10.6 Å². The lowest BCUT2D eigenvalue weighted by Gasteiger charge is -2.23. The summed E-state index contributed by atoms with van der Waals surface area (Å²) in [6, 6.07) is 3.35. The lowest BCUT2D eigenvalue weighted by atomic mass is 10.2. The molecule has 0 spiro atoms. The average Bonchev–Trinajstić information content (AvgIpc) is 2.74. The number of amides is 1. The predicted molar refractivity (Wildman–Crippen MR) is 79.6 cm³/mol. The van der Waals surface area contributed by atoms with Crippen LogP contribution in [-0.2, 0) is 15.6 Å². The van der Waals surface area contributed by atoms with Crippen molar-refractivity contribution >= 4 is 22.4 Å². The van der Waals surface area contributed by atoms with Crippen LogP contribution in [0.1, 0.15) is 32.6 Å². The van der Waals surface area contributed by atoms with E-state index in [0.717, 1.165) is 38.8 Å². The van der Waals surface area contributed by atoms with Crippen molar-refractivity contribution < 1.29 is 9.00 Å². The maximum atomic E-state index is 12.5. The summed E-state index contributed by atoms with van der Waals surface area (Å²) in [6.45, 7) is 3.22. The Balaban J connectivity index is 2.10. The minimum Gasteiger partial charge on any atom is -0.396 e. The molecule has 1 amide bonds. The Bertz CT molecular complexity index is 499. The van der Waals surface area contributed by atoms with Crippen molar-refractivity contribution in [3.63, 3.8) is 0 Å². The zero-order chi connectivity index (χ0) is 14.5. The standard InChI is InChI=1S/C14H21N3O2S/c1-11(14(18)17-9-4-2-3-5-10-17)20(19)13-12(15)7-6-8-16-13/h6-8,11H,2-5,9-10,15H2,1H3. The topological polar surface area (TPSA) is 76.3 Å². The number of likely N-dealkylation sites (tertiary alicyclic amines) is 1. The molecule has 2 unspecified atom stereocenters. The number of hydrogen-bond acceptors (Lipinski definition) is 4. The van der Waals surface area contributed by atoms with E-state index >= 15 is 0 Å². The highest BCUT2D eigenvalue weighted by atomic mass is 32.2. The average molecular weight is 295 g/mol. The lowest BCUT2D eigenvalue weighted by Crippen LogP contribution is -2.40. The van der Waals surface area contributed by atoms with Crippen molar-refractivity contribution in [2.45, 2.75) is 42.9 Å². The molecule has 2 N–H and O–H groups in total. The van der Waals surface area contributed by atoms with Crippen LogP contribution in [0.25, 0.3) is 0 Å². The fourth-order valence-corrected chi connectivity index (χ4v) is 3.51. The molecule has 0 saturated carbocycles. The summed E-state index contributed by atoms with van der Waals surface area (Å²) in [5.74, 6) is -0.0599. The first-order valence-corrected chi connectivity index (χ1v) is 8.22. The Labute approximate surface area is 122 Å². The van der Waals surface area contributed by atoms with E-state index in [-0.39, 0.29) is 5.91 Å². The number of nitrogens with two attached hydrogens (primary N) is 1. The van der Waals surface area contributed by atoms with E-state index < -0.39 is 16.0 Å². The van der Waals surface area contributed by atoms with Gasteiger partial charge in [0.05, 0.1) is 16.5 Å². The summed E-state index contributed by atoms with van der Waals surface area (Å²) in [7, 11) is -1.50. The van der Waals surface area contributed by atoms with Crippen LogP contribution in [0.3, 0.4) is 0 Å². The van der Waals surface area contributed by atoms with Gasteiger partial charge in [0, 0.05) is 19.3 Å². The van der Waals surface area contributed by atoms with Gasteiger partial charge >= 0.3 is 0 Å². The van der Waals surface area contributed by atoms with Gasteiger partial charge in [-0.25, -0.2) is 4.98 Å². The molecule has 1 aliphatic rings. The van der Waals surface area contributed by atoms with Crippen molar-refractivity contribution in [2.75, 3.05) is 18.8 Å². The van der Waals surface area contributed by atoms with E-state index in [0.29, 0.717) is 10.7 Å². The van der Waals surface area contributed by atoms with E-state index in [4.69, 9.17) is 5.73 Å². The van der Waals surface area contributed by atoms with Crippen LogP contribution in [0.15, 0.2) is 23.4 Å². The highest BCUT2D eigenvalue weighted by molar-refractivity contribution is 7.86. The lowest BCUT2D eigenvalue weighted by molar-refractivity contribution is -0.130. The third-order valence-electron chi connectivity index (χ3n) is 3.58. The van der Waals surface area contributed by atoms with Gasteiger partial charge in [-0.2, -0.15) is 0 Å². The predicted octanol–water partition coefficient (Wildman–Crippen LogP) is 1.56. The first-order chi connectivity index (χ1) is 9.61. The van der Waals surface area contributed by atoms with Gasteiger partial charge in [-0.15, -0.1) is 0 Å². The smallest absolute Gasteiger partial charge is 0.238 e. The van der Waals surface area contributed by atoms with Gasteiger partial charge in [0.15, 0.2) is 5.03 Å². The molecule has 0 aromatic carbocycles. The molecule has 1 fully saturated rings. The van der Waals surface area contributed by atoms with E-state index in [1.165, 1.54) is 0 Å². The second-order valence-electron chi connectivity index (χ2n) is 5.08. The quantitative estimate of drug-likeness (QED) is 0.918. The summed E-state index contributed by atoms with van der Waals surface area (Å²) in [5, 5.41) is -0.298. The molecule has 6 heteroatoms. The third kappa shape index (κ3) is 3.36. The number of nitrogens with zero attached hydrogens (tertiary/aromatic N) is 2. The maximum absolute atomic E-state index is 12.5. The first-order valence-electron chi connectivity index (χ1n) is 7.01. The van der Waals surface area contributed by atoms with Gasteiger partial charge in [-0.3, -0.25) is 9.00 Å². The minimum absolute atomic E-state index is 0.0599. The Morgan fingerprint density at radius 2 is 2.00 bits per heavy atom. The summed E-state index contributed by atoms with van der Waals surface area (Å²) < 4.78 is 12.5. The van der Waals surface area contributed by atoms with E-state index in [1.54, 1.807) is 25.3 Å². The number of carbonyl (C=O) groups is 1. The molecule has 5 nitrogen and oxygen atoms in total. The van der Waals surface area contributed by atoms with Crippen LogP contribution in [0.2, 0.25) is 0 Å². The molecule has 20 heavy (non-hydrogen) atoms. The largest absolute Gasteiger partial charge is 0.396 e. The van der Waals surface area contributed by atoms with Crippen LogP contribution >= 0.6 is 0 Å². The van der Waals surface area contributed by atoms with Gasteiger partial charge in [0.1, 0.15) is 5.25 Å². The molecular weight excluding hydrogens is 274 g/mol. The fourth-order valence-electron chi connectivity index (χ4n) is 2.38. The number of hydrogen-bond donors (Lipinski definition) is 1. The molecule has 2 atom stereocenters. The van der Waals surface area contributed by atoms with Crippen LogP contribution in [0.5, 0.6) is 0 Å². The van der Waals surface area contributed by atoms with Gasteiger partial charge in [-0.05, 0) is 31.9 Å². The highest BCUT2D eigenvalue weighted by Gasteiger charge is 2.28. The molecule has 1 aromatic heterocycles. The molecule has 1 aromatic rings. The molecule has 2 heterocycles. The van der Waals surface area contributed by atoms with Gasteiger partial charge in [0.2, 0.25) is 5.91 Å². The van der Waals surface area contributed by atoms with E-state index in [2.05, 4.69) is 4.98 Å². The van der Waals surface area contributed by atoms with E-state index in [1.807, 2.05) is 4.90 Å². The monoisotopic (exact) mass is 295 g/mol. The van der Waals surface area contributed by atoms with Crippen molar-refractivity contribution in [1.82, 2.24) is 9.88 Å². The molecule has 1 aliphatic heterocycles. The van der Waals surface area contributed by atoms with Gasteiger partial charge in [-0.1, -0.05) is 12.8 Å². The van der Waals surface area contributed by atoms with E-state index in [9.17, 15) is 9.00 Å². The van der Waals surface area contributed by atoms with Crippen molar-refractivity contribution in [3.8, 4) is 0 Å². The Kier molecular flexibility index (Phi) is 5.11. The van der Waals surface area contributed by atoms with Gasteiger partial charge in [0.25, 0.3) is 0 Å². The fraction of sp³-hybridized carbons (Fsp3) is 0.571. The van der Waals surface area contributed by atoms with Crippen LogP contribution in [-0.4, -0.2) is 38.3 Å². The number of rotatable bonds is 3. The highest BCUT2D eigenvalue weighted by Crippen LogP contribution is 2.18. The van der Waals surface area contributed by atoms with Crippen molar-refractivity contribution in [2.24, 2.45) is 0 Å². The summed E-state index contributed by atoms with van der Waals surface area (Å²) in [5.41, 5.74) is 6.16.